The number of furan rings is 1. The molecule has 0 unspecified atom stereocenters. The predicted octanol–water partition coefficient (Wildman–Crippen LogP) is 30.7. The van der Waals surface area contributed by atoms with Crippen molar-refractivity contribution in [2.45, 2.75) is 360 Å². The van der Waals surface area contributed by atoms with Crippen LogP contribution < -0.4 is 0 Å². The lowest BCUT2D eigenvalue weighted by Gasteiger charge is -2.34. The van der Waals surface area contributed by atoms with Crippen molar-refractivity contribution >= 4 is 22.4 Å². The van der Waals surface area contributed by atoms with E-state index in [1.165, 1.54) is 60.5 Å². The van der Waals surface area contributed by atoms with Crippen LogP contribution in [0.3, 0.4) is 0 Å². The van der Waals surface area contributed by atoms with Crippen molar-refractivity contribution in [1.82, 2.24) is 39.9 Å². The Kier molecular flexibility index (Phi) is 41.7. The fourth-order valence-corrected chi connectivity index (χ4v) is 10.4. The van der Waals surface area contributed by atoms with Crippen LogP contribution in [0.5, 0.6) is 0 Å². The number of imidazole rings is 1. The zero-order valence-corrected chi connectivity index (χ0v) is 81.4. The molecular weight excluding hydrogens is 1400 g/mol. The van der Waals surface area contributed by atoms with E-state index < -0.39 is 0 Å². The molecule has 10 heteroatoms. The number of H-pyrrole nitrogens is 1. The molecule has 0 aliphatic heterocycles. The van der Waals surface area contributed by atoms with Gasteiger partial charge in [0.2, 0.25) is 0 Å². The SMILES string of the molecule is CC(C)(C)C(C)(C)C.CC(C)(C)c1ccccn1.CC(C)(C)c1cccnc1.CC(C)(C)c1ccco1.CC(C)(C)c1cccs1.CC(C)(C)c1ccncc1.CC(C)(C)c1cnccn1.CC(C)(C)c1nc2ccccc2[nH]1.CC(C)C(C)(C)C.Cc1c(C)c(C)c(C(C)(C)C)c(C)c1C.Cc1cc(C(C)(C)C)cnc1C. The summed E-state index contributed by atoms with van der Waals surface area (Å²) in [5, 5.41) is 2.13. The van der Waals surface area contributed by atoms with Gasteiger partial charge in [-0.25, -0.2) is 4.98 Å². The molecule has 1 N–H and O–H groups in total. The molecule has 0 bridgehead atoms. The Balaban J connectivity index is 0.00000123. The molecule has 0 saturated heterocycles. The number of para-hydroxylation sites is 2. The minimum Gasteiger partial charge on any atom is -0.469 e. The number of hydrogen-bond acceptors (Lipinski definition) is 9. The van der Waals surface area contributed by atoms with Crippen molar-refractivity contribution in [3.8, 4) is 0 Å². The average molecular weight is 1560 g/mol. The maximum absolute atomic E-state index is 5.20. The van der Waals surface area contributed by atoms with Crippen LogP contribution >= 0.6 is 11.3 Å². The van der Waals surface area contributed by atoms with Gasteiger partial charge in [0.1, 0.15) is 11.6 Å². The molecule has 0 aliphatic rings. The molecule has 628 valence electrons. The van der Waals surface area contributed by atoms with Gasteiger partial charge in [-0.05, 0) is 219 Å². The summed E-state index contributed by atoms with van der Waals surface area (Å²) >= 11 is 1.83. The molecule has 0 fully saturated rings. The molecule has 0 atom stereocenters. The van der Waals surface area contributed by atoms with Crippen LogP contribution in [0.2, 0.25) is 0 Å². The zero-order valence-electron chi connectivity index (χ0n) is 80.6. The molecule has 113 heavy (non-hydrogen) atoms. The number of thiophene rings is 1. The maximum Gasteiger partial charge on any atom is 0.112 e. The quantitative estimate of drug-likeness (QED) is 0.159. The lowest BCUT2D eigenvalue weighted by molar-refractivity contribution is 0.157. The van der Waals surface area contributed by atoms with Crippen LogP contribution in [-0.4, -0.2) is 39.9 Å². The monoisotopic (exact) mass is 1560 g/mol. The summed E-state index contributed by atoms with van der Waals surface area (Å²) in [6, 6.07) is 32.7. The second kappa shape index (κ2) is 44.6. The van der Waals surface area contributed by atoms with E-state index in [9.17, 15) is 0 Å². The second-order valence-electron chi connectivity index (χ2n) is 42.7. The predicted molar refractivity (Wildman–Crippen MR) is 499 cm³/mol. The van der Waals surface area contributed by atoms with Gasteiger partial charge in [-0.2, -0.15) is 0 Å². The Hall–Kier alpha value is -7.43. The summed E-state index contributed by atoms with van der Waals surface area (Å²) < 4.78 is 5.20. The number of aromatic amines is 1. The molecule has 0 aliphatic carbocycles. The van der Waals surface area contributed by atoms with E-state index in [4.69, 9.17) is 4.42 Å². The highest BCUT2D eigenvalue weighted by Gasteiger charge is 2.28. The smallest absolute Gasteiger partial charge is 0.112 e. The van der Waals surface area contributed by atoms with E-state index in [1.54, 1.807) is 31.1 Å². The summed E-state index contributed by atoms with van der Waals surface area (Å²) in [6.07, 6.45) is 18.1. The summed E-state index contributed by atoms with van der Waals surface area (Å²) in [5.41, 5.74) is 22.8. The van der Waals surface area contributed by atoms with E-state index in [1.807, 2.05) is 97.8 Å². The van der Waals surface area contributed by atoms with Crippen molar-refractivity contribution in [2.24, 2.45) is 22.2 Å². The van der Waals surface area contributed by atoms with Crippen LogP contribution in [0.25, 0.3) is 11.0 Å². The van der Waals surface area contributed by atoms with E-state index in [-0.39, 0.29) is 43.3 Å². The Labute approximate surface area is 698 Å². The van der Waals surface area contributed by atoms with Gasteiger partial charge in [-0.15, -0.1) is 11.3 Å². The first-order valence-corrected chi connectivity index (χ1v) is 41.9. The highest BCUT2D eigenvalue weighted by molar-refractivity contribution is 7.10. The number of aromatic nitrogens is 8. The van der Waals surface area contributed by atoms with E-state index in [0.29, 0.717) is 21.7 Å². The minimum absolute atomic E-state index is 0.0962. The molecule has 0 radical (unpaired) electrons. The van der Waals surface area contributed by atoms with Crippen LogP contribution in [0.4, 0.5) is 0 Å². The van der Waals surface area contributed by atoms with Gasteiger partial charge in [0.25, 0.3) is 0 Å². The molecule has 9 nitrogen and oxygen atoms in total. The van der Waals surface area contributed by atoms with Gasteiger partial charge in [0.05, 0.1) is 23.0 Å². The Morgan fingerprint density at radius 2 is 0.832 bits per heavy atom. The van der Waals surface area contributed by atoms with Gasteiger partial charge in [-0.1, -0.05) is 300 Å². The summed E-state index contributed by atoms with van der Waals surface area (Å²) in [7, 11) is 0. The molecule has 0 spiro atoms. The molecule has 10 rings (SSSR count). The number of nitrogens with one attached hydrogen (secondary N) is 1. The van der Waals surface area contributed by atoms with E-state index in [0.717, 1.165) is 45.6 Å². The van der Waals surface area contributed by atoms with Gasteiger partial charge < -0.3 is 9.40 Å². The number of aryl methyl sites for hydroxylation is 2. The first-order chi connectivity index (χ1) is 51.0. The number of benzene rings is 2. The average Bonchev–Trinajstić information content (AvgIpc) is 1.71. The second-order valence-corrected chi connectivity index (χ2v) is 43.7. The Morgan fingerprint density at radius 3 is 1.12 bits per heavy atom. The van der Waals surface area contributed by atoms with Crippen LogP contribution in [-0.2, 0) is 48.7 Å². The van der Waals surface area contributed by atoms with Gasteiger partial charge in [-0.3, -0.25) is 29.9 Å². The van der Waals surface area contributed by atoms with Crippen molar-refractivity contribution < 1.29 is 4.42 Å². The van der Waals surface area contributed by atoms with Crippen LogP contribution in [0.15, 0.2) is 169 Å². The largest absolute Gasteiger partial charge is 0.469 e. The van der Waals surface area contributed by atoms with Crippen LogP contribution in [0, 0.1) is 70.6 Å². The molecule has 2 aromatic carbocycles. The third kappa shape index (κ3) is 41.1. The molecular formula is C103H164N8OS. The number of fused-ring (bicyclic) bond motifs is 1. The van der Waals surface area contributed by atoms with Crippen molar-refractivity contribution in [1.29, 1.82) is 0 Å². The Morgan fingerprint density at radius 1 is 0.354 bits per heavy atom. The van der Waals surface area contributed by atoms with Gasteiger partial charge >= 0.3 is 0 Å². The standard InChI is InChI=1S/C15H24.C11H14N2.C11H17N.3C9H13N.C8H12N2.C8H12O.C8H12S.C8H18.C7H16/c1-9-10(2)12(4)14(15(6,7)8)13(5)11(9)3;1-11(2,3)10-12-8-6-4-5-7-9(8)13-10;1-8-6-10(11(3,4)5)7-12-9(8)2;1-9(2,3)8-4-6-10-7-5-8;1-9(2,3)8-5-4-6-10-7-8;1-9(2,3)8-6-4-5-7-10-8;1-8(2,3)7-6-9-4-5-10-7;2*1-8(2,3)7-5-4-6-9-7;1-7(2,3)8(4,5)6;1-6(2)7(3,4)5/h1-8H3;4-7H,1-3H3,(H,12,13);6-7H,1-5H3;3*4-7H,1-3H3;4-6H,1-3H3;2*4-6H,1-3H3;1-6H3;6H,1-5H3. The van der Waals surface area contributed by atoms with Gasteiger partial charge in [0, 0.05) is 93.7 Å². The number of nitrogens with zero attached hydrogens (tertiary/aromatic N) is 7. The van der Waals surface area contributed by atoms with Gasteiger partial charge in [0.15, 0.2) is 0 Å². The normalized spacial score (nSPS) is 12.0. The van der Waals surface area contributed by atoms with E-state index in [2.05, 4.69) is 398 Å². The third-order valence-electron chi connectivity index (χ3n) is 20.4. The van der Waals surface area contributed by atoms with Crippen molar-refractivity contribution in [3.63, 3.8) is 0 Å². The summed E-state index contributed by atoms with van der Waals surface area (Å²) in [4.78, 5) is 34.1. The highest BCUT2D eigenvalue weighted by atomic mass is 32.1. The summed E-state index contributed by atoms with van der Waals surface area (Å²) in [5.74, 6) is 2.89. The number of pyridine rings is 4. The van der Waals surface area contributed by atoms with Crippen molar-refractivity contribution in [2.75, 3.05) is 0 Å². The van der Waals surface area contributed by atoms with Crippen molar-refractivity contribution in [3.05, 3.63) is 254 Å². The maximum atomic E-state index is 5.20. The topological polar surface area (TPSA) is 119 Å². The fraction of sp³-hybridized carbons (Fsp3) is 0.563. The third-order valence-corrected chi connectivity index (χ3v) is 21.7. The lowest BCUT2D eigenvalue weighted by atomic mass is 9.71. The first-order valence-electron chi connectivity index (χ1n) is 41.0. The summed E-state index contributed by atoms with van der Waals surface area (Å²) in [6.45, 7) is 99.4. The van der Waals surface area contributed by atoms with E-state index >= 15 is 0 Å². The lowest BCUT2D eigenvalue weighted by Crippen LogP contribution is -2.25. The highest BCUT2D eigenvalue weighted by Crippen LogP contribution is 2.38. The molecule has 0 amide bonds. The number of hydrogen-bond donors (Lipinski definition) is 1. The number of rotatable bonds is 0. The Bertz CT molecular complexity index is 3880. The van der Waals surface area contributed by atoms with Crippen LogP contribution in [0.1, 0.15) is 352 Å². The molecule has 8 aromatic heterocycles. The molecule has 0 saturated carbocycles. The molecule has 8 heterocycles. The zero-order chi connectivity index (χ0) is 88.1. The minimum atomic E-state index is 0.0962. The molecule has 10 aromatic rings. The fourth-order valence-electron chi connectivity index (χ4n) is 9.55. The first kappa shape index (κ1) is 106.